The number of aromatic hydroxyl groups is 1. The summed E-state index contributed by atoms with van der Waals surface area (Å²) in [5.41, 5.74) is 4.06. The Hall–Kier alpha value is -3.84. The summed E-state index contributed by atoms with van der Waals surface area (Å²) in [4.78, 5) is 5.92. The lowest BCUT2D eigenvalue weighted by atomic mass is 9.97. The van der Waals surface area contributed by atoms with Crippen molar-refractivity contribution in [3.63, 3.8) is 0 Å². The molecular formula is C28H19F2NO3S. The van der Waals surface area contributed by atoms with Gasteiger partial charge in [-0.3, -0.25) is 4.99 Å². The van der Waals surface area contributed by atoms with E-state index < -0.39 is 6.61 Å². The molecule has 2 heterocycles. The topological polar surface area (TPSA) is 55.0 Å². The first-order chi connectivity index (χ1) is 17.1. The summed E-state index contributed by atoms with van der Waals surface area (Å²) in [5.74, 6) is 0.164. The number of nitrogens with zero attached hydrogens (tertiary/aromatic N) is 1. The number of ether oxygens (including phenoxy) is 1. The number of hydrogen-bond donors (Lipinski definition) is 1. The lowest BCUT2D eigenvalue weighted by molar-refractivity contribution is -0.0493. The zero-order valence-corrected chi connectivity index (χ0v) is 19.1. The molecule has 6 rings (SSSR count). The molecule has 0 aliphatic carbocycles. The van der Waals surface area contributed by atoms with Gasteiger partial charge in [-0.2, -0.15) is 8.78 Å². The Morgan fingerprint density at radius 1 is 0.943 bits per heavy atom. The highest BCUT2D eigenvalue weighted by atomic mass is 32.2. The molecule has 0 bridgehead atoms. The van der Waals surface area contributed by atoms with Crippen LogP contribution in [0.2, 0.25) is 0 Å². The summed E-state index contributed by atoms with van der Waals surface area (Å²) >= 11 is 1.65. The molecule has 0 spiro atoms. The molecular weight excluding hydrogens is 468 g/mol. The fraction of sp³-hybridized carbons (Fsp3) is 0.107. The van der Waals surface area contributed by atoms with Crippen molar-refractivity contribution in [2.24, 2.45) is 4.99 Å². The number of aliphatic imine (C=N–C) groups is 1. The van der Waals surface area contributed by atoms with Crippen LogP contribution >= 0.6 is 11.8 Å². The van der Waals surface area contributed by atoms with Crippen LogP contribution in [0.4, 0.5) is 14.5 Å². The number of phenolic OH excluding ortho intramolecular Hbond substituents is 1. The first-order valence-corrected chi connectivity index (χ1v) is 12.0. The number of benzene rings is 4. The monoisotopic (exact) mass is 487 g/mol. The van der Waals surface area contributed by atoms with Gasteiger partial charge in [0.25, 0.3) is 0 Å². The Labute approximate surface area is 203 Å². The summed E-state index contributed by atoms with van der Waals surface area (Å²) in [6.45, 7) is -2.96. The fourth-order valence-corrected chi connectivity index (χ4v) is 5.82. The second-order valence-electron chi connectivity index (χ2n) is 8.19. The van der Waals surface area contributed by atoms with Crippen LogP contribution in [0.5, 0.6) is 11.5 Å². The number of thioether (sulfide) groups is 1. The van der Waals surface area contributed by atoms with E-state index in [9.17, 15) is 13.9 Å². The zero-order chi connectivity index (χ0) is 23.9. The summed E-state index contributed by atoms with van der Waals surface area (Å²) < 4.78 is 37.1. The van der Waals surface area contributed by atoms with Gasteiger partial charge in [0, 0.05) is 32.9 Å². The van der Waals surface area contributed by atoms with E-state index in [2.05, 4.69) is 0 Å². The standard InChI is InChI=1S/C28H19F2NO3S/c29-28(30)34-23-14-13-18(26-17-8-2-5-11-22(17)33-27(23)26)25-15-20(16-7-1-4-10-21(16)32)31-19-9-3-6-12-24(19)35-25/h1-14,25,28,32H,15H2. The summed E-state index contributed by atoms with van der Waals surface area (Å²) in [6.07, 6.45) is 0.514. The third kappa shape index (κ3) is 3.91. The number of para-hydroxylation sites is 3. The van der Waals surface area contributed by atoms with Crippen LogP contribution in [-0.2, 0) is 0 Å². The van der Waals surface area contributed by atoms with Gasteiger partial charge in [0.2, 0.25) is 0 Å². The predicted molar refractivity (Wildman–Crippen MR) is 134 cm³/mol. The van der Waals surface area contributed by atoms with Crippen LogP contribution in [0.15, 0.2) is 99.2 Å². The Morgan fingerprint density at radius 2 is 1.71 bits per heavy atom. The largest absolute Gasteiger partial charge is 0.507 e. The second-order valence-corrected chi connectivity index (χ2v) is 9.43. The Balaban J connectivity index is 1.57. The van der Waals surface area contributed by atoms with Gasteiger partial charge in [-0.05, 0) is 42.0 Å². The van der Waals surface area contributed by atoms with Gasteiger partial charge in [0.15, 0.2) is 11.3 Å². The summed E-state index contributed by atoms with van der Waals surface area (Å²) in [7, 11) is 0. The molecule has 5 aromatic rings. The molecule has 1 atom stereocenters. The minimum atomic E-state index is -2.96. The molecule has 0 saturated carbocycles. The second kappa shape index (κ2) is 8.74. The highest BCUT2D eigenvalue weighted by Crippen LogP contribution is 2.50. The molecule has 1 aliphatic rings. The highest BCUT2D eigenvalue weighted by Gasteiger charge is 2.28. The molecule has 0 radical (unpaired) electrons. The number of rotatable bonds is 4. The number of furan rings is 1. The lowest BCUT2D eigenvalue weighted by Gasteiger charge is -2.18. The van der Waals surface area contributed by atoms with Gasteiger partial charge in [-0.1, -0.05) is 48.5 Å². The maximum atomic E-state index is 13.1. The van der Waals surface area contributed by atoms with Crippen LogP contribution in [-0.4, -0.2) is 17.4 Å². The molecule has 0 saturated heterocycles. The molecule has 0 amide bonds. The van der Waals surface area contributed by atoms with Gasteiger partial charge < -0.3 is 14.3 Å². The van der Waals surface area contributed by atoms with Crippen LogP contribution in [0, 0.1) is 0 Å². The number of fused-ring (bicyclic) bond motifs is 4. The van der Waals surface area contributed by atoms with E-state index in [-0.39, 0.29) is 16.7 Å². The van der Waals surface area contributed by atoms with E-state index >= 15 is 0 Å². The SMILES string of the molecule is Oc1ccccc1C1=Nc2ccccc2SC(c2ccc(OC(F)F)c3oc4ccccc4c23)C1. The quantitative estimate of drug-likeness (QED) is 0.277. The van der Waals surface area contributed by atoms with Gasteiger partial charge in [-0.15, -0.1) is 11.8 Å². The first-order valence-electron chi connectivity index (χ1n) is 11.1. The maximum Gasteiger partial charge on any atom is 0.387 e. The van der Waals surface area contributed by atoms with Crippen LogP contribution in [0.25, 0.3) is 21.9 Å². The van der Waals surface area contributed by atoms with Gasteiger partial charge in [-0.25, -0.2) is 0 Å². The molecule has 1 aromatic heterocycles. The van der Waals surface area contributed by atoms with Gasteiger partial charge in [0.1, 0.15) is 11.3 Å². The molecule has 1 aliphatic heterocycles. The molecule has 35 heavy (non-hydrogen) atoms. The minimum absolute atomic E-state index is 0.00330. The van der Waals surface area contributed by atoms with E-state index in [0.717, 1.165) is 32.6 Å². The summed E-state index contributed by atoms with van der Waals surface area (Å²) in [6, 6.07) is 25.9. The predicted octanol–water partition coefficient (Wildman–Crippen LogP) is 8.25. The average Bonchev–Trinajstić information content (AvgIpc) is 3.14. The van der Waals surface area contributed by atoms with Crippen molar-refractivity contribution >= 4 is 45.1 Å². The van der Waals surface area contributed by atoms with Crippen molar-refractivity contribution in [1.82, 2.24) is 0 Å². The smallest absolute Gasteiger partial charge is 0.387 e. The fourth-order valence-electron chi connectivity index (χ4n) is 4.56. The van der Waals surface area contributed by atoms with Gasteiger partial charge in [0.05, 0.1) is 11.4 Å². The molecule has 1 N–H and O–H groups in total. The Kier molecular flexibility index (Phi) is 5.41. The van der Waals surface area contributed by atoms with E-state index in [0.29, 0.717) is 23.2 Å². The van der Waals surface area contributed by atoms with Crippen LogP contribution < -0.4 is 4.74 Å². The van der Waals surface area contributed by atoms with Gasteiger partial charge >= 0.3 is 6.61 Å². The third-order valence-corrected chi connectivity index (χ3v) is 7.37. The number of halogens is 2. The Bertz CT molecular complexity index is 1590. The molecule has 4 nitrogen and oxygen atoms in total. The third-order valence-electron chi connectivity index (χ3n) is 6.07. The van der Waals surface area contributed by atoms with E-state index in [1.165, 1.54) is 0 Å². The minimum Gasteiger partial charge on any atom is -0.507 e. The molecule has 4 aromatic carbocycles. The molecule has 7 heteroatoms. The number of phenols is 1. The van der Waals surface area contributed by atoms with E-state index in [4.69, 9.17) is 14.1 Å². The van der Waals surface area contributed by atoms with Crippen molar-refractivity contribution in [1.29, 1.82) is 0 Å². The first kappa shape index (κ1) is 21.7. The van der Waals surface area contributed by atoms with Crippen molar-refractivity contribution in [3.05, 3.63) is 96.1 Å². The maximum absolute atomic E-state index is 13.1. The van der Waals surface area contributed by atoms with E-state index in [1.54, 1.807) is 30.0 Å². The van der Waals surface area contributed by atoms with Crippen molar-refractivity contribution in [2.45, 2.75) is 23.2 Å². The van der Waals surface area contributed by atoms with Crippen molar-refractivity contribution in [2.75, 3.05) is 0 Å². The Morgan fingerprint density at radius 3 is 2.57 bits per heavy atom. The molecule has 0 fully saturated rings. The molecule has 1 unspecified atom stereocenters. The lowest BCUT2D eigenvalue weighted by Crippen LogP contribution is -2.07. The van der Waals surface area contributed by atoms with Crippen molar-refractivity contribution in [3.8, 4) is 11.5 Å². The highest BCUT2D eigenvalue weighted by molar-refractivity contribution is 7.99. The summed E-state index contributed by atoms with van der Waals surface area (Å²) in [5, 5.41) is 12.0. The average molecular weight is 488 g/mol. The number of alkyl halides is 2. The number of hydrogen-bond acceptors (Lipinski definition) is 5. The van der Waals surface area contributed by atoms with Crippen molar-refractivity contribution < 1.29 is 23.0 Å². The zero-order valence-electron chi connectivity index (χ0n) is 18.3. The van der Waals surface area contributed by atoms with Crippen LogP contribution in [0.1, 0.15) is 22.8 Å². The van der Waals surface area contributed by atoms with E-state index in [1.807, 2.05) is 66.7 Å². The normalized spacial score (nSPS) is 15.7. The van der Waals surface area contributed by atoms with Crippen LogP contribution in [0.3, 0.4) is 0 Å². The molecule has 174 valence electrons.